The fraction of sp³-hybridized carbons (Fsp3) is 0.500. The summed E-state index contributed by atoms with van der Waals surface area (Å²) in [5.41, 5.74) is 0. The molecular formula is C12H15NO3S. The molecule has 1 aromatic rings. The highest BCUT2D eigenvalue weighted by Gasteiger charge is 2.40. The quantitative estimate of drug-likeness (QED) is 0.843. The topological polar surface area (TPSA) is 66.4 Å². The summed E-state index contributed by atoms with van der Waals surface area (Å²) in [6, 6.07) is 3.32. The lowest BCUT2D eigenvalue weighted by atomic mass is 10.1. The number of amides is 1. The van der Waals surface area contributed by atoms with Crippen LogP contribution in [0.4, 0.5) is 0 Å². The Morgan fingerprint density at radius 3 is 2.82 bits per heavy atom. The molecule has 0 saturated heterocycles. The predicted molar refractivity (Wildman–Crippen MR) is 64.7 cm³/mol. The lowest BCUT2D eigenvalue weighted by Gasteiger charge is -2.15. The summed E-state index contributed by atoms with van der Waals surface area (Å²) in [6.07, 6.45) is 0.851. The molecule has 0 aliphatic heterocycles. The second-order valence-corrected chi connectivity index (χ2v) is 5.47. The number of carbonyl (C=O) groups is 2. The van der Waals surface area contributed by atoms with Gasteiger partial charge in [-0.3, -0.25) is 9.59 Å². The monoisotopic (exact) mass is 253 g/mol. The number of carboxylic acids is 1. The fourth-order valence-corrected chi connectivity index (χ4v) is 2.63. The van der Waals surface area contributed by atoms with Gasteiger partial charge >= 0.3 is 5.97 Å². The average Bonchev–Trinajstić information content (AvgIpc) is 2.80. The van der Waals surface area contributed by atoms with Gasteiger partial charge in [-0.25, -0.2) is 0 Å². The maximum absolute atomic E-state index is 11.8. The van der Waals surface area contributed by atoms with Crippen molar-refractivity contribution in [2.75, 3.05) is 0 Å². The molecule has 17 heavy (non-hydrogen) atoms. The van der Waals surface area contributed by atoms with Gasteiger partial charge in [0.25, 0.3) is 0 Å². The number of rotatable bonds is 5. The summed E-state index contributed by atoms with van der Waals surface area (Å²) in [4.78, 5) is 23.5. The molecule has 2 N–H and O–H groups in total. The Bertz CT molecular complexity index is 415. The molecule has 0 aromatic carbocycles. The second-order valence-electron chi connectivity index (χ2n) is 4.49. The van der Waals surface area contributed by atoms with Crippen molar-refractivity contribution < 1.29 is 14.7 Å². The van der Waals surface area contributed by atoms with Crippen LogP contribution in [0.3, 0.4) is 0 Å². The molecule has 4 nitrogen and oxygen atoms in total. The molecule has 1 saturated carbocycles. The summed E-state index contributed by atoms with van der Waals surface area (Å²) in [5, 5.41) is 13.6. The van der Waals surface area contributed by atoms with Crippen molar-refractivity contribution in [3.8, 4) is 0 Å². The van der Waals surface area contributed by atoms with Crippen molar-refractivity contribution in [1.82, 2.24) is 5.32 Å². The van der Waals surface area contributed by atoms with Gasteiger partial charge < -0.3 is 10.4 Å². The van der Waals surface area contributed by atoms with Crippen LogP contribution in [-0.4, -0.2) is 17.0 Å². The Balaban J connectivity index is 2.00. The molecule has 1 aliphatic rings. The maximum atomic E-state index is 11.8. The number of nitrogens with one attached hydrogen (secondary N) is 1. The maximum Gasteiger partial charge on any atom is 0.305 e. The standard InChI is InChI=1S/C12H15NO3S/c1-7-5-8(7)12(16)13-9(6-11(14)15)10-3-2-4-17-10/h2-4,7-9H,5-6H2,1H3,(H,13,16)(H,14,15). The largest absolute Gasteiger partial charge is 0.481 e. The normalized spacial score (nSPS) is 24.1. The smallest absolute Gasteiger partial charge is 0.305 e. The number of thiophene rings is 1. The van der Waals surface area contributed by atoms with Crippen LogP contribution in [0.2, 0.25) is 0 Å². The van der Waals surface area contributed by atoms with Crippen LogP contribution in [0.15, 0.2) is 17.5 Å². The highest BCUT2D eigenvalue weighted by atomic mass is 32.1. The third-order valence-electron chi connectivity index (χ3n) is 3.03. The molecule has 5 heteroatoms. The van der Waals surface area contributed by atoms with Gasteiger partial charge in [-0.2, -0.15) is 0 Å². The van der Waals surface area contributed by atoms with Crippen LogP contribution < -0.4 is 5.32 Å². The molecule has 0 spiro atoms. The van der Waals surface area contributed by atoms with Crippen LogP contribution in [0, 0.1) is 11.8 Å². The van der Waals surface area contributed by atoms with E-state index in [0.29, 0.717) is 5.92 Å². The number of carbonyl (C=O) groups excluding carboxylic acids is 1. The van der Waals surface area contributed by atoms with E-state index in [0.717, 1.165) is 11.3 Å². The van der Waals surface area contributed by atoms with Gasteiger partial charge in [-0.1, -0.05) is 13.0 Å². The zero-order valence-corrected chi connectivity index (χ0v) is 10.4. The fourth-order valence-electron chi connectivity index (χ4n) is 1.85. The second kappa shape index (κ2) is 4.87. The Labute approximate surface area is 104 Å². The van der Waals surface area contributed by atoms with E-state index in [4.69, 9.17) is 5.11 Å². The van der Waals surface area contributed by atoms with Gasteiger partial charge in [0.05, 0.1) is 12.5 Å². The number of hydrogen-bond acceptors (Lipinski definition) is 3. The Kier molecular flexibility index (Phi) is 3.47. The molecule has 1 aliphatic carbocycles. The van der Waals surface area contributed by atoms with Crippen molar-refractivity contribution in [2.24, 2.45) is 11.8 Å². The molecular weight excluding hydrogens is 238 g/mol. The molecule has 0 radical (unpaired) electrons. The van der Waals surface area contributed by atoms with Gasteiger partial charge in [-0.15, -0.1) is 11.3 Å². The minimum absolute atomic E-state index is 0.0165. The molecule has 3 unspecified atom stereocenters. The van der Waals surface area contributed by atoms with Crippen molar-refractivity contribution in [3.63, 3.8) is 0 Å². The summed E-state index contributed by atoms with van der Waals surface area (Å²) in [5.74, 6) is -0.403. The van der Waals surface area contributed by atoms with Gasteiger partial charge in [0.15, 0.2) is 0 Å². The molecule has 1 amide bonds. The van der Waals surface area contributed by atoms with Crippen LogP contribution in [-0.2, 0) is 9.59 Å². The van der Waals surface area contributed by atoms with Gasteiger partial charge in [0.2, 0.25) is 5.91 Å². The van der Waals surface area contributed by atoms with E-state index < -0.39 is 12.0 Å². The zero-order valence-electron chi connectivity index (χ0n) is 9.55. The first-order chi connectivity index (χ1) is 8.08. The first-order valence-electron chi connectivity index (χ1n) is 5.63. The molecule has 1 aromatic heterocycles. The van der Waals surface area contributed by atoms with E-state index in [9.17, 15) is 9.59 Å². The molecule has 92 valence electrons. The summed E-state index contributed by atoms with van der Waals surface area (Å²) < 4.78 is 0. The van der Waals surface area contributed by atoms with Crippen molar-refractivity contribution in [1.29, 1.82) is 0 Å². The molecule has 1 fully saturated rings. The van der Waals surface area contributed by atoms with E-state index >= 15 is 0 Å². The highest BCUT2D eigenvalue weighted by Crippen LogP contribution is 2.38. The highest BCUT2D eigenvalue weighted by molar-refractivity contribution is 7.10. The molecule has 2 rings (SSSR count). The van der Waals surface area contributed by atoms with Crippen LogP contribution >= 0.6 is 11.3 Å². The summed E-state index contributed by atoms with van der Waals surface area (Å²) in [6.45, 7) is 2.03. The minimum atomic E-state index is -0.896. The van der Waals surface area contributed by atoms with E-state index in [1.165, 1.54) is 11.3 Å². The van der Waals surface area contributed by atoms with E-state index in [-0.39, 0.29) is 18.2 Å². The third kappa shape index (κ3) is 3.06. The van der Waals surface area contributed by atoms with Crippen molar-refractivity contribution in [3.05, 3.63) is 22.4 Å². The van der Waals surface area contributed by atoms with Crippen LogP contribution in [0.5, 0.6) is 0 Å². The molecule has 0 bridgehead atoms. The zero-order chi connectivity index (χ0) is 12.4. The molecule has 1 heterocycles. The van der Waals surface area contributed by atoms with Crippen LogP contribution in [0.25, 0.3) is 0 Å². The Morgan fingerprint density at radius 2 is 2.35 bits per heavy atom. The van der Waals surface area contributed by atoms with Crippen LogP contribution in [0.1, 0.15) is 30.7 Å². The molecule has 3 atom stereocenters. The van der Waals surface area contributed by atoms with Crippen molar-refractivity contribution >= 4 is 23.2 Å². The number of carboxylic acid groups (broad SMARTS) is 1. The van der Waals surface area contributed by atoms with E-state index in [1.54, 1.807) is 0 Å². The van der Waals surface area contributed by atoms with Gasteiger partial charge in [0, 0.05) is 10.8 Å². The number of hydrogen-bond donors (Lipinski definition) is 2. The lowest BCUT2D eigenvalue weighted by molar-refractivity contribution is -0.137. The number of aliphatic carboxylic acids is 1. The average molecular weight is 253 g/mol. The van der Waals surface area contributed by atoms with Crippen molar-refractivity contribution in [2.45, 2.75) is 25.8 Å². The first-order valence-corrected chi connectivity index (χ1v) is 6.51. The Hall–Kier alpha value is -1.36. The minimum Gasteiger partial charge on any atom is -0.481 e. The predicted octanol–water partition coefficient (Wildman–Crippen LogP) is 2.04. The lowest BCUT2D eigenvalue weighted by Crippen LogP contribution is -2.31. The first kappa shape index (κ1) is 12.1. The third-order valence-corrected chi connectivity index (χ3v) is 4.01. The summed E-state index contributed by atoms with van der Waals surface area (Å²) >= 11 is 1.47. The Morgan fingerprint density at radius 1 is 1.65 bits per heavy atom. The van der Waals surface area contributed by atoms with E-state index in [1.807, 2.05) is 24.4 Å². The summed E-state index contributed by atoms with van der Waals surface area (Å²) in [7, 11) is 0. The van der Waals surface area contributed by atoms with Gasteiger partial charge in [0.1, 0.15) is 0 Å². The van der Waals surface area contributed by atoms with E-state index in [2.05, 4.69) is 5.32 Å². The van der Waals surface area contributed by atoms with Gasteiger partial charge in [-0.05, 0) is 23.8 Å². The SMILES string of the molecule is CC1CC1C(=O)NC(CC(=O)O)c1cccs1.